The van der Waals surface area contributed by atoms with Gasteiger partial charge in [0, 0.05) is 0 Å². The van der Waals surface area contributed by atoms with Crippen molar-refractivity contribution in [3.8, 4) is 0 Å². The first-order valence-electron chi connectivity index (χ1n) is 7.15. The van der Waals surface area contributed by atoms with Crippen LogP contribution < -0.4 is 5.32 Å². The Morgan fingerprint density at radius 2 is 1.81 bits per heavy atom. The van der Waals surface area contributed by atoms with Gasteiger partial charge in [-0.3, -0.25) is 4.79 Å². The summed E-state index contributed by atoms with van der Waals surface area (Å²) < 4.78 is 0. The van der Waals surface area contributed by atoms with Gasteiger partial charge in [-0.1, -0.05) is 44.2 Å². The maximum absolute atomic E-state index is 11.8. The van der Waals surface area contributed by atoms with Crippen LogP contribution in [0.15, 0.2) is 30.3 Å². The van der Waals surface area contributed by atoms with E-state index in [1.54, 1.807) is 0 Å². The number of hydrogen-bond acceptors (Lipinski definition) is 3. The number of amides is 1. The molecule has 0 fully saturated rings. The summed E-state index contributed by atoms with van der Waals surface area (Å²) in [5, 5.41) is 21.3. The first-order valence-corrected chi connectivity index (χ1v) is 7.15. The summed E-state index contributed by atoms with van der Waals surface area (Å²) in [6.45, 7) is 3.78. The second-order valence-electron chi connectivity index (χ2n) is 5.57. The SMILES string of the molecule is CC(C)C[C@@H](O)C(=O)N[C@H](CCc1ccccc1)C(=O)O. The molecule has 1 aromatic carbocycles. The number of rotatable bonds is 8. The van der Waals surface area contributed by atoms with Crippen molar-refractivity contribution in [2.24, 2.45) is 5.92 Å². The third-order valence-electron chi connectivity index (χ3n) is 3.18. The van der Waals surface area contributed by atoms with Crippen molar-refractivity contribution in [1.29, 1.82) is 0 Å². The van der Waals surface area contributed by atoms with Gasteiger partial charge in [0.1, 0.15) is 12.1 Å². The molecule has 0 saturated heterocycles. The molecule has 0 heterocycles. The highest BCUT2D eigenvalue weighted by Gasteiger charge is 2.24. The molecule has 116 valence electrons. The number of carboxylic acid groups (broad SMARTS) is 1. The number of nitrogens with one attached hydrogen (secondary N) is 1. The van der Waals surface area contributed by atoms with Crippen LogP contribution in [0, 0.1) is 5.92 Å². The molecule has 2 atom stereocenters. The second kappa shape index (κ2) is 8.42. The lowest BCUT2D eigenvalue weighted by Crippen LogP contribution is -2.46. The van der Waals surface area contributed by atoms with Crippen LogP contribution in [0.4, 0.5) is 0 Å². The molecule has 0 spiro atoms. The van der Waals surface area contributed by atoms with Gasteiger partial charge in [0.2, 0.25) is 5.91 Å². The zero-order chi connectivity index (χ0) is 15.8. The Kier molecular flexibility index (Phi) is 6.88. The summed E-state index contributed by atoms with van der Waals surface area (Å²) in [5.74, 6) is -1.54. The van der Waals surface area contributed by atoms with Crippen molar-refractivity contribution in [2.45, 2.75) is 45.3 Å². The van der Waals surface area contributed by atoms with E-state index in [-0.39, 0.29) is 5.92 Å². The molecular formula is C16H23NO4. The summed E-state index contributed by atoms with van der Waals surface area (Å²) in [5.41, 5.74) is 1.01. The van der Waals surface area contributed by atoms with Crippen LogP contribution in [0.3, 0.4) is 0 Å². The van der Waals surface area contributed by atoms with Gasteiger partial charge in [0.05, 0.1) is 0 Å². The van der Waals surface area contributed by atoms with Gasteiger partial charge in [0.25, 0.3) is 0 Å². The van der Waals surface area contributed by atoms with Gasteiger partial charge in [-0.05, 0) is 30.7 Å². The highest BCUT2D eigenvalue weighted by atomic mass is 16.4. The number of carboxylic acids is 1. The molecule has 1 amide bonds. The van der Waals surface area contributed by atoms with E-state index in [0.717, 1.165) is 5.56 Å². The minimum Gasteiger partial charge on any atom is -0.480 e. The van der Waals surface area contributed by atoms with Gasteiger partial charge in [-0.15, -0.1) is 0 Å². The fraction of sp³-hybridized carbons (Fsp3) is 0.500. The molecule has 0 aliphatic carbocycles. The summed E-state index contributed by atoms with van der Waals surface area (Å²) in [4.78, 5) is 23.0. The minimum absolute atomic E-state index is 0.165. The van der Waals surface area contributed by atoms with Crippen LogP contribution in [0.2, 0.25) is 0 Å². The molecule has 0 aromatic heterocycles. The first kappa shape index (κ1) is 17.2. The maximum Gasteiger partial charge on any atom is 0.326 e. The average Bonchev–Trinajstić information content (AvgIpc) is 2.43. The Bertz CT molecular complexity index is 459. The molecule has 5 nitrogen and oxygen atoms in total. The monoisotopic (exact) mass is 293 g/mol. The maximum atomic E-state index is 11.8. The van der Waals surface area contributed by atoms with Crippen LogP contribution in [-0.4, -0.2) is 34.2 Å². The van der Waals surface area contributed by atoms with Crippen LogP contribution in [0.25, 0.3) is 0 Å². The summed E-state index contributed by atoms with van der Waals surface area (Å²) in [6.07, 6.45) is -0.00194. The third-order valence-corrected chi connectivity index (χ3v) is 3.18. The highest BCUT2D eigenvalue weighted by Crippen LogP contribution is 2.08. The van der Waals surface area contributed by atoms with Gasteiger partial charge < -0.3 is 15.5 Å². The largest absolute Gasteiger partial charge is 0.480 e. The Balaban J connectivity index is 2.54. The molecule has 1 rings (SSSR count). The van der Waals surface area contributed by atoms with Crippen LogP contribution in [-0.2, 0) is 16.0 Å². The summed E-state index contributed by atoms with van der Waals surface area (Å²) in [6, 6.07) is 8.50. The molecule has 0 saturated carbocycles. The minimum atomic E-state index is -1.16. The van der Waals surface area contributed by atoms with E-state index < -0.39 is 24.0 Å². The average molecular weight is 293 g/mol. The third kappa shape index (κ3) is 6.40. The lowest BCUT2D eigenvalue weighted by Gasteiger charge is -2.18. The Morgan fingerprint density at radius 3 is 2.33 bits per heavy atom. The molecule has 0 aliphatic heterocycles. The number of carbonyl (C=O) groups excluding carboxylic acids is 1. The van der Waals surface area contributed by atoms with E-state index in [2.05, 4.69) is 5.32 Å². The molecular weight excluding hydrogens is 270 g/mol. The van der Waals surface area contributed by atoms with E-state index in [1.165, 1.54) is 0 Å². The summed E-state index contributed by atoms with van der Waals surface area (Å²) >= 11 is 0. The van der Waals surface area contributed by atoms with E-state index in [4.69, 9.17) is 5.11 Å². The predicted octanol–water partition coefficient (Wildman–Crippen LogP) is 1.60. The zero-order valence-corrected chi connectivity index (χ0v) is 12.5. The number of aryl methyl sites for hydroxylation is 1. The number of carbonyl (C=O) groups is 2. The first-order chi connectivity index (χ1) is 9.90. The lowest BCUT2D eigenvalue weighted by atomic mass is 10.0. The topological polar surface area (TPSA) is 86.6 Å². The molecule has 5 heteroatoms. The van der Waals surface area contributed by atoms with Crippen LogP contribution in [0.1, 0.15) is 32.3 Å². The second-order valence-corrected chi connectivity index (χ2v) is 5.57. The molecule has 3 N–H and O–H groups in total. The Labute approximate surface area is 125 Å². The van der Waals surface area contributed by atoms with E-state index in [0.29, 0.717) is 19.3 Å². The van der Waals surface area contributed by atoms with Crippen LogP contribution in [0.5, 0.6) is 0 Å². The van der Waals surface area contributed by atoms with Gasteiger partial charge in [-0.2, -0.15) is 0 Å². The van der Waals surface area contributed by atoms with Crippen molar-refractivity contribution in [3.05, 3.63) is 35.9 Å². The number of aliphatic hydroxyl groups excluding tert-OH is 1. The molecule has 1 aromatic rings. The fourth-order valence-corrected chi connectivity index (χ4v) is 2.03. The van der Waals surface area contributed by atoms with Crippen molar-refractivity contribution >= 4 is 11.9 Å². The zero-order valence-electron chi connectivity index (χ0n) is 12.5. The van der Waals surface area contributed by atoms with Gasteiger partial charge in [0.15, 0.2) is 0 Å². The van der Waals surface area contributed by atoms with Crippen molar-refractivity contribution in [3.63, 3.8) is 0 Å². The quantitative estimate of drug-likeness (QED) is 0.679. The van der Waals surface area contributed by atoms with Crippen molar-refractivity contribution < 1.29 is 19.8 Å². The molecule has 0 radical (unpaired) electrons. The smallest absolute Gasteiger partial charge is 0.326 e. The number of benzene rings is 1. The number of hydrogen-bond donors (Lipinski definition) is 3. The fourth-order valence-electron chi connectivity index (χ4n) is 2.03. The molecule has 0 bridgehead atoms. The summed E-state index contributed by atoms with van der Waals surface area (Å²) in [7, 11) is 0. The Hall–Kier alpha value is -1.88. The van der Waals surface area contributed by atoms with Crippen LogP contribution >= 0.6 is 0 Å². The van der Waals surface area contributed by atoms with Gasteiger partial charge >= 0.3 is 5.97 Å². The van der Waals surface area contributed by atoms with Crippen molar-refractivity contribution in [2.75, 3.05) is 0 Å². The number of aliphatic carboxylic acids is 1. The molecule has 0 unspecified atom stereocenters. The standard InChI is InChI=1S/C16H23NO4/c1-11(2)10-14(18)15(19)17-13(16(20)21)9-8-12-6-4-3-5-7-12/h3-7,11,13-14,18H,8-10H2,1-2H3,(H,17,19)(H,20,21)/t13-,14-/m1/s1. The normalized spacial score (nSPS) is 13.7. The van der Waals surface area contributed by atoms with E-state index in [9.17, 15) is 14.7 Å². The highest BCUT2D eigenvalue weighted by molar-refractivity contribution is 5.86. The van der Waals surface area contributed by atoms with Crippen molar-refractivity contribution in [1.82, 2.24) is 5.32 Å². The van der Waals surface area contributed by atoms with E-state index >= 15 is 0 Å². The van der Waals surface area contributed by atoms with E-state index in [1.807, 2.05) is 44.2 Å². The lowest BCUT2D eigenvalue weighted by molar-refractivity contribution is -0.143. The molecule has 0 aliphatic rings. The Morgan fingerprint density at radius 1 is 1.19 bits per heavy atom. The molecule has 21 heavy (non-hydrogen) atoms. The number of aliphatic hydroxyl groups is 1. The predicted molar refractivity (Wildman–Crippen MR) is 79.8 cm³/mol. The van der Waals surface area contributed by atoms with Gasteiger partial charge in [-0.25, -0.2) is 4.79 Å².